The number of ether oxygens (including phenoxy) is 2. The van der Waals surface area contributed by atoms with E-state index in [1.54, 1.807) is 18.0 Å². The van der Waals surface area contributed by atoms with Crippen LogP contribution in [0.4, 0.5) is 18.9 Å². The van der Waals surface area contributed by atoms with E-state index in [1.807, 2.05) is 12.1 Å². The van der Waals surface area contributed by atoms with Gasteiger partial charge in [-0.25, -0.2) is 0 Å². The Morgan fingerprint density at radius 1 is 1.14 bits per heavy atom. The Hall–Kier alpha value is -2.45. The Morgan fingerprint density at radius 2 is 1.86 bits per heavy atom. The monoisotopic (exact) mass is 414 g/mol. The molecule has 0 fully saturated rings. The Morgan fingerprint density at radius 3 is 2.57 bits per heavy atom. The molecule has 0 atom stereocenters. The van der Waals surface area contributed by atoms with Gasteiger partial charge in [0.2, 0.25) is 5.91 Å². The van der Waals surface area contributed by atoms with Crippen LogP contribution < -0.4 is 14.8 Å². The molecule has 1 aliphatic heterocycles. The number of hydrogen-bond donors (Lipinski definition) is 1. The van der Waals surface area contributed by atoms with Crippen LogP contribution in [0.15, 0.2) is 36.4 Å². The zero-order chi connectivity index (χ0) is 20.3. The predicted octanol–water partition coefficient (Wildman–Crippen LogP) is 4.20. The second kappa shape index (κ2) is 8.28. The minimum Gasteiger partial charge on any atom is -0.486 e. The highest BCUT2D eigenvalue weighted by molar-refractivity contribution is 6.30. The smallest absolute Gasteiger partial charge is 0.418 e. The molecule has 0 spiro atoms. The lowest BCUT2D eigenvalue weighted by molar-refractivity contribution is -0.137. The summed E-state index contributed by atoms with van der Waals surface area (Å²) >= 11 is 5.64. The first-order valence-corrected chi connectivity index (χ1v) is 8.84. The highest BCUT2D eigenvalue weighted by Crippen LogP contribution is 2.36. The molecule has 0 bridgehead atoms. The fourth-order valence-electron chi connectivity index (χ4n) is 2.85. The molecule has 2 aromatic rings. The maximum atomic E-state index is 13.1. The minimum atomic E-state index is -4.62. The normalized spacial score (nSPS) is 13.5. The fraction of sp³-hybridized carbons (Fsp3) is 0.316. The number of nitrogens with zero attached hydrogens (tertiary/aromatic N) is 1. The van der Waals surface area contributed by atoms with Gasteiger partial charge in [0, 0.05) is 11.6 Å². The first kappa shape index (κ1) is 20.3. The predicted molar refractivity (Wildman–Crippen MR) is 98.8 cm³/mol. The summed E-state index contributed by atoms with van der Waals surface area (Å²) in [5.74, 6) is 0.739. The van der Waals surface area contributed by atoms with Crippen molar-refractivity contribution in [1.29, 1.82) is 0 Å². The van der Waals surface area contributed by atoms with Gasteiger partial charge < -0.3 is 14.8 Å². The van der Waals surface area contributed by atoms with Crippen molar-refractivity contribution >= 4 is 23.2 Å². The van der Waals surface area contributed by atoms with Gasteiger partial charge in [-0.1, -0.05) is 17.7 Å². The largest absolute Gasteiger partial charge is 0.486 e. The topological polar surface area (TPSA) is 50.8 Å². The zero-order valence-corrected chi connectivity index (χ0v) is 15.7. The van der Waals surface area contributed by atoms with Crippen molar-refractivity contribution < 1.29 is 27.4 Å². The number of fused-ring (bicyclic) bond motifs is 1. The Bertz CT molecular complexity index is 874. The minimum absolute atomic E-state index is 0.0546. The van der Waals surface area contributed by atoms with Crippen LogP contribution in [0.1, 0.15) is 11.1 Å². The van der Waals surface area contributed by atoms with Crippen LogP contribution in [-0.2, 0) is 17.5 Å². The summed E-state index contributed by atoms with van der Waals surface area (Å²) in [6, 6.07) is 8.69. The third-order valence-electron chi connectivity index (χ3n) is 4.03. The second-order valence-electron chi connectivity index (χ2n) is 6.39. The molecule has 1 amide bonds. The van der Waals surface area contributed by atoms with E-state index in [0.29, 0.717) is 31.3 Å². The second-order valence-corrected chi connectivity index (χ2v) is 6.82. The molecule has 1 N–H and O–H groups in total. The third-order valence-corrected chi connectivity index (χ3v) is 4.27. The van der Waals surface area contributed by atoms with E-state index >= 15 is 0 Å². The number of carbonyl (C=O) groups is 1. The lowest BCUT2D eigenvalue weighted by Crippen LogP contribution is -2.30. The Labute approximate surface area is 165 Å². The van der Waals surface area contributed by atoms with Crippen LogP contribution in [0.3, 0.4) is 0 Å². The van der Waals surface area contributed by atoms with Gasteiger partial charge in [0.05, 0.1) is 17.8 Å². The van der Waals surface area contributed by atoms with Gasteiger partial charge in [0.15, 0.2) is 11.5 Å². The molecule has 0 saturated carbocycles. The number of rotatable bonds is 5. The number of halogens is 4. The molecule has 1 heterocycles. The van der Waals surface area contributed by atoms with E-state index in [0.717, 1.165) is 17.7 Å². The van der Waals surface area contributed by atoms with Gasteiger partial charge in [-0.3, -0.25) is 9.69 Å². The molecular formula is C19H18ClF3N2O3. The van der Waals surface area contributed by atoms with Crippen molar-refractivity contribution in [3.05, 3.63) is 52.5 Å². The molecule has 0 saturated heterocycles. The lowest BCUT2D eigenvalue weighted by Gasteiger charge is -2.21. The van der Waals surface area contributed by atoms with E-state index in [-0.39, 0.29) is 17.3 Å². The lowest BCUT2D eigenvalue weighted by atomic mass is 10.1. The molecule has 3 rings (SSSR count). The van der Waals surface area contributed by atoms with Crippen LogP contribution in [0.2, 0.25) is 5.02 Å². The molecule has 0 aromatic heterocycles. The van der Waals surface area contributed by atoms with E-state index in [2.05, 4.69) is 5.32 Å². The van der Waals surface area contributed by atoms with Crippen LogP contribution in [-0.4, -0.2) is 37.6 Å². The van der Waals surface area contributed by atoms with Gasteiger partial charge in [-0.05, 0) is 42.9 Å². The SMILES string of the molecule is CN(CC(=O)Nc1ccc(Cl)cc1C(F)(F)F)Cc1ccc2c(c1)OCCO2. The van der Waals surface area contributed by atoms with Crippen LogP contribution >= 0.6 is 11.6 Å². The molecular weight excluding hydrogens is 397 g/mol. The number of anilines is 1. The average Bonchev–Trinajstić information content (AvgIpc) is 2.62. The number of benzene rings is 2. The number of amides is 1. The first-order valence-electron chi connectivity index (χ1n) is 8.46. The van der Waals surface area contributed by atoms with Crippen LogP contribution in [0.5, 0.6) is 11.5 Å². The van der Waals surface area contributed by atoms with Crippen molar-refractivity contribution in [2.45, 2.75) is 12.7 Å². The van der Waals surface area contributed by atoms with E-state index < -0.39 is 17.6 Å². The Balaban J connectivity index is 1.62. The molecule has 0 unspecified atom stereocenters. The standard InChI is InChI=1S/C19H18ClF3N2O3/c1-25(10-12-2-5-16-17(8-12)28-7-6-27-16)11-18(26)24-15-4-3-13(20)9-14(15)19(21,22)23/h2-5,8-9H,6-7,10-11H2,1H3,(H,24,26). The summed E-state index contributed by atoms with van der Waals surface area (Å²) < 4.78 is 50.4. The highest BCUT2D eigenvalue weighted by Gasteiger charge is 2.34. The van der Waals surface area contributed by atoms with E-state index in [9.17, 15) is 18.0 Å². The van der Waals surface area contributed by atoms with Gasteiger partial charge in [-0.15, -0.1) is 0 Å². The van der Waals surface area contributed by atoms with Crippen molar-refractivity contribution in [3.63, 3.8) is 0 Å². The number of likely N-dealkylation sites (N-methyl/N-ethyl adjacent to an activating group) is 1. The molecule has 5 nitrogen and oxygen atoms in total. The summed E-state index contributed by atoms with van der Waals surface area (Å²) in [5.41, 5.74) is -0.417. The van der Waals surface area contributed by atoms with Crippen LogP contribution in [0.25, 0.3) is 0 Å². The summed E-state index contributed by atoms with van der Waals surface area (Å²) in [6.45, 7) is 1.29. The maximum absolute atomic E-state index is 13.1. The first-order chi connectivity index (χ1) is 13.2. The average molecular weight is 415 g/mol. The summed E-state index contributed by atoms with van der Waals surface area (Å²) in [5, 5.41) is 2.25. The molecule has 150 valence electrons. The van der Waals surface area contributed by atoms with Gasteiger partial charge in [0.1, 0.15) is 13.2 Å². The van der Waals surface area contributed by atoms with Crippen molar-refractivity contribution in [3.8, 4) is 11.5 Å². The van der Waals surface area contributed by atoms with Crippen molar-refractivity contribution in [2.75, 3.05) is 32.1 Å². The highest BCUT2D eigenvalue weighted by atomic mass is 35.5. The third kappa shape index (κ3) is 5.08. The molecule has 1 aliphatic rings. The number of carbonyl (C=O) groups excluding carboxylic acids is 1. The molecule has 2 aromatic carbocycles. The molecule has 0 aliphatic carbocycles. The molecule has 9 heteroatoms. The number of nitrogens with one attached hydrogen (secondary N) is 1. The van der Waals surface area contributed by atoms with Gasteiger partial charge >= 0.3 is 6.18 Å². The maximum Gasteiger partial charge on any atom is 0.418 e. The van der Waals surface area contributed by atoms with Gasteiger partial charge in [-0.2, -0.15) is 13.2 Å². The van der Waals surface area contributed by atoms with E-state index in [1.165, 1.54) is 6.07 Å². The van der Waals surface area contributed by atoms with Crippen LogP contribution in [0, 0.1) is 0 Å². The van der Waals surface area contributed by atoms with E-state index in [4.69, 9.17) is 21.1 Å². The molecule has 28 heavy (non-hydrogen) atoms. The fourth-order valence-corrected chi connectivity index (χ4v) is 3.02. The van der Waals surface area contributed by atoms with Gasteiger partial charge in [0.25, 0.3) is 0 Å². The summed E-state index contributed by atoms with van der Waals surface area (Å²) in [4.78, 5) is 13.9. The summed E-state index contributed by atoms with van der Waals surface area (Å²) in [7, 11) is 1.70. The van der Waals surface area contributed by atoms with Crippen molar-refractivity contribution in [2.24, 2.45) is 0 Å². The molecule has 0 radical (unpaired) electrons. The summed E-state index contributed by atoms with van der Waals surface area (Å²) in [6.07, 6.45) is -4.62. The number of hydrogen-bond acceptors (Lipinski definition) is 4. The zero-order valence-electron chi connectivity index (χ0n) is 15.0. The Kier molecular flexibility index (Phi) is 6.00. The number of alkyl halides is 3. The quantitative estimate of drug-likeness (QED) is 0.796. The van der Waals surface area contributed by atoms with Crippen molar-refractivity contribution in [1.82, 2.24) is 4.90 Å².